The Balaban J connectivity index is 1.00. The normalized spacial score (nSPS) is 10.9. The molecule has 9 aromatic carbocycles. The van der Waals surface area contributed by atoms with Crippen molar-refractivity contribution in [1.29, 1.82) is 0 Å². The van der Waals surface area contributed by atoms with Gasteiger partial charge in [0.1, 0.15) is 0 Å². The summed E-state index contributed by atoms with van der Waals surface area (Å²) in [7, 11) is 0. The van der Waals surface area contributed by atoms with Crippen LogP contribution < -0.4 is 15.1 Å². The van der Waals surface area contributed by atoms with Crippen LogP contribution in [0.15, 0.2) is 231 Å². The van der Waals surface area contributed by atoms with Gasteiger partial charge in [0, 0.05) is 39.8 Å². The topological polar surface area (TPSA) is 18.5 Å². The summed E-state index contributed by atoms with van der Waals surface area (Å²) in [5.74, 6) is 0. The van der Waals surface area contributed by atoms with Crippen LogP contribution in [0.1, 0.15) is 0 Å². The van der Waals surface area contributed by atoms with Gasteiger partial charge in [-0.05, 0) is 124 Å². The molecule has 0 saturated heterocycles. The molecule has 0 amide bonds. The third-order valence-electron chi connectivity index (χ3n) is 10.4. The zero-order chi connectivity index (χ0) is 40.0. The van der Waals surface area contributed by atoms with E-state index in [0.717, 1.165) is 67.8 Å². The van der Waals surface area contributed by atoms with Crippen LogP contribution in [0.5, 0.6) is 0 Å². The van der Waals surface area contributed by atoms with Gasteiger partial charge in [-0.15, -0.1) is 0 Å². The first-order valence-corrected chi connectivity index (χ1v) is 20.3. The summed E-state index contributed by atoms with van der Waals surface area (Å²) in [5, 5.41) is 4.49. The lowest BCUT2D eigenvalue weighted by molar-refractivity contribution is 1.25. The molecule has 1 N–H and O–H groups in total. The first-order valence-electron chi connectivity index (χ1n) is 19.6. The van der Waals surface area contributed by atoms with Gasteiger partial charge in [0.2, 0.25) is 0 Å². The van der Waals surface area contributed by atoms with Gasteiger partial charge in [-0.1, -0.05) is 163 Å². The summed E-state index contributed by atoms with van der Waals surface area (Å²) >= 11 is 14.1. The summed E-state index contributed by atoms with van der Waals surface area (Å²) in [6, 6.07) is 79.8. The molecule has 0 aliphatic carbocycles. The Kier molecular flexibility index (Phi) is 11.0. The molecule has 0 spiro atoms. The second-order valence-corrected chi connectivity index (χ2v) is 15.0. The van der Waals surface area contributed by atoms with Crippen molar-refractivity contribution in [2.24, 2.45) is 0 Å². The number of rotatable bonds is 11. The minimum atomic E-state index is 0.477. The highest BCUT2D eigenvalue weighted by Gasteiger charge is 2.21. The first kappa shape index (κ1) is 37.5. The fourth-order valence-corrected chi connectivity index (χ4v) is 7.83. The predicted molar refractivity (Wildman–Crippen MR) is 252 cm³/mol. The molecule has 0 radical (unpaired) electrons. The van der Waals surface area contributed by atoms with Crippen LogP contribution in [0.3, 0.4) is 0 Å². The van der Waals surface area contributed by atoms with Crippen molar-refractivity contribution in [3.8, 4) is 33.4 Å². The van der Waals surface area contributed by atoms with Gasteiger partial charge in [0.25, 0.3) is 0 Å². The van der Waals surface area contributed by atoms with Crippen molar-refractivity contribution >= 4 is 68.7 Å². The Morgan fingerprint density at radius 3 is 1.12 bits per heavy atom. The minimum absolute atomic E-state index is 0.477. The first-order chi connectivity index (χ1) is 29.1. The molecule has 3 nitrogen and oxygen atoms in total. The average molecular weight is 801 g/mol. The van der Waals surface area contributed by atoms with Crippen molar-refractivity contribution in [2.75, 3.05) is 15.1 Å². The van der Waals surface area contributed by atoms with E-state index in [4.69, 9.17) is 23.2 Å². The number of hydrogen-bond acceptors (Lipinski definition) is 3. The highest BCUT2D eigenvalue weighted by atomic mass is 35.5. The average Bonchev–Trinajstić information content (AvgIpc) is 3.30. The fourth-order valence-electron chi connectivity index (χ4n) is 7.43. The molecule has 0 saturated carbocycles. The molecule has 0 heterocycles. The lowest BCUT2D eigenvalue weighted by atomic mass is 9.99. The molecule has 5 heteroatoms. The van der Waals surface area contributed by atoms with Gasteiger partial charge < -0.3 is 15.1 Å². The summed E-state index contributed by atoms with van der Waals surface area (Å²) < 4.78 is 0. The molecule has 0 unspecified atom stereocenters. The van der Waals surface area contributed by atoms with Crippen LogP contribution in [-0.4, -0.2) is 0 Å². The van der Waals surface area contributed by atoms with E-state index in [2.05, 4.69) is 203 Å². The van der Waals surface area contributed by atoms with Gasteiger partial charge in [-0.3, -0.25) is 0 Å². The van der Waals surface area contributed by atoms with Gasteiger partial charge in [0.15, 0.2) is 0 Å². The van der Waals surface area contributed by atoms with Crippen LogP contribution in [0.25, 0.3) is 33.4 Å². The number of nitrogens with one attached hydrogen (secondary N) is 1. The molecule has 9 aromatic rings. The number of hydrogen-bond donors (Lipinski definition) is 1. The lowest BCUT2D eigenvalue weighted by Gasteiger charge is -2.30. The molecule has 9 rings (SSSR count). The van der Waals surface area contributed by atoms with Crippen molar-refractivity contribution in [3.05, 3.63) is 241 Å². The second-order valence-electron chi connectivity index (χ2n) is 14.2. The van der Waals surface area contributed by atoms with E-state index < -0.39 is 0 Å². The Labute approximate surface area is 356 Å². The Hall–Kier alpha value is -7.04. The highest BCUT2D eigenvalue weighted by Crippen LogP contribution is 2.46. The van der Waals surface area contributed by atoms with E-state index in [1.54, 1.807) is 0 Å². The Morgan fingerprint density at radius 1 is 0.288 bits per heavy atom. The Morgan fingerprint density at radius 2 is 0.644 bits per heavy atom. The van der Waals surface area contributed by atoms with E-state index in [1.165, 1.54) is 11.1 Å². The molecular weight excluding hydrogens is 762 g/mol. The van der Waals surface area contributed by atoms with Gasteiger partial charge in [0.05, 0.1) is 15.7 Å². The van der Waals surface area contributed by atoms with Crippen LogP contribution in [0.4, 0.5) is 45.5 Å². The van der Waals surface area contributed by atoms with E-state index >= 15 is 0 Å². The standard InChI is InChI=1S/C54H39Cl2N3/c55-52-36-44(43-26-24-40(25-27-43)42-30-34-46(35-31-42)57-45-32-28-41(29-33-45)39-14-5-1-6-15-39)37-53(54(52)56)59(49-20-11-4-12-21-49)51-23-13-22-50(38-51)58(47-16-7-2-8-17-47)48-18-9-3-10-19-48/h1-38,57H. The van der Waals surface area contributed by atoms with Crippen molar-refractivity contribution in [1.82, 2.24) is 0 Å². The molecular formula is C54H39Cl2N3. The third-order valence-corrected chi connectivity index (χ3v) is 11.1. The number of para-hydroxylation sites is 3. The quantitative estimate of drug-likeness (QED) is 0.141. The van der Waals surface area contributed by atoms with E-state index in [-0.39, 0.29) is 0 Å². The monoisotopic (exact) mass is 799 g/mol. The SMILES string of the molecule is Clc1cc(-c2ccc(-c3ccc(Nc4ccc(-c5ccccc5)cc4)cc3)cc2)cc(N(c2ccccc2)c2cccc(N(c3ccccc3)c3ccccc3)c2)c1Cl. The predicted octanol–water partition coefficient (Wildman–Crippen LogP) is 16.7. The van der Waals surface area contributed by atoms with Crippen LogP contribution in [0.2, 0.25) is 10.0 Å². The van der Waals surface area contributed by atoms with Crippen LogP contribution >= 0.6 is 23.2 Å². The lowest BCUT2D eigenvalue weighted by Crippen LogP contribution is -2.13. The minimum Gasteiger partial charge on any atom is -0.356 e. The molecule has 0 aromatic heterocycles. The van der Waals surface area contributed by atoms with E-state index in [9.17, 15) is 0 Å². The number of halogens is 2. The molecule has 0 aliphatic heterocycles. The van der Waals surface area contributed by atoms with Crippen LogP contribution in [-0.2, 0) is 0 Å². The second kappa shape index (κ2) is 17.2. The van der Waals surface area contributed by atoms with E-state index in [1.807, 2.05) is 42.5 Å². The third kappa shape index (κ3) is 8.35. The summed E-state index contributed by atoms with van der Waals surface area (Å²) in [6.07, 6.45) is 0. The van der Waals surface area contributed by atoms with Crippen molar-refractivity contribution in [3.63, 3.8) is 0 Å². The molecule has 0 atom stereocenters. The maximum atomic E-state index is 7.15. The van der Waals surface area contributed by atoms with Gasteiger partial charge in [-0.25, -0.2) is 0 Å². The van der Waals surface area contributed by atoms with Crippen molar-refractivity contribution in [2.45, 2.75) is 0 Å². The van der Waals surface area contributed by atoms with Gasteiger partial charge in [-0.2, -0.15) is 0 Å². The zero-order valence-corrected chi connectivity index (χ0v) is 33.6. The van der Waals surface area contributed by atoms with Gasteiger partial charge >= 0.3 is 0 Å². The smallest absolute Gasteiger partial charge is 0.0833 e. The zero-order valence-electron chi connectivity index (χ0n) is 32.1. The molecule has 0 aliphatic rings. The van der Waals surface area contributed by atoms with Crippen molar-refractivity contribution < 1.29 is 0 Å². The van der Waals surface area contributed by atoms with Crippen LogP contribution in [0, 0.1) is 0 Å². The summed E-state index contributed by atoms with van der Waals surface area (Å²) in [5.41, 5.74) is 14.5. The maximum Gasteiger partial charge on any atom is 0.0833 e. The number of anilines is 8. The Bertz CT molecular complexity index is 2740. The largest absolute Gasteiger partial charge is 0.356 e. The van der Waals surface area contributed by atoms with E-state index in [0.29, 0.717) is 10.0 Å². The highest BCUT2D eigenvalue weighted by molar-refractivity contribution is 6.44. The molecule has 0 bridgehead atoms. The summed E-state index contributed by atoms with van der Waals surface area (Å²) in [6.45, 7) is 0. The summed E-state index contributed by atoms with van der Waals surface area (Å²) in [4.78, 5) is 4.44. The molecule has 284 valence electrons. The number of nitrogens with zero attached hydrogens (tertiary/aromatic N) is 2. The molecule has 0 fully saturated rings. The maximum absolute atomic E-state index is 7.15. The fraction of sp³-hybridized carbons (Fsp3) is 0. The number of benzene rings is 9. The molecule has 59 heavy (non-hydrogen) atoms.